The summed E-state index contributed by atoms with van der Waals surface area (Å²) >= 11 is 2.02. The van der Waals surface area contributed by atoms with Crippen LogP contribution in [0.3, 0.4) is 0 Å². The molecule has 0 N–H and O–H groups in total. The van der Waals surface area contributed by atoms with E-state index < -0.39 is 0 Å². The van der Waals surface area contributed by atoms with Gasteiger partial charge in [-0.25, -0.2) is 0 Å². The predicted octanol–water partition coefficient (Wildman–Crippen LogP) is 2.25. The third kappa shape index (κ3) is 6.67. The first kappa shape index (κ1) is 11.3. The molecule has 0 saturated carbocycles. The summed E-state index contributed by atoms with van der Waals surface area (Å²) in [7, 11) is 3.85. The standard InChI is InChI=1S/C9H19BS/c1-3-5-6-9(7-10)8-11-4-2/h7,9-10H,3-6,8H2,1-2H3. The van der Waals surface area contributed by atoms with Crippen molar-refractivity contribution in [1.29, 1.82) is 0 Å². The molecule has 1 atom stereocenters. The van der Waals surface area contributed by atoms with Crippen LogP contribution in [0.2, 0.25) is 0 Å². The summed E-state index contributed by atoms with van der Waals surface area (Å²) in [5.41, 5.74) is 0. The van der Waals surface area contributed by atoms with E-state index in [4.69, 9.17) is 0 Å². The second kappa shape index (κ2) is 8.38. The number of rotatable bonds is 7. The molecule has 64 valence electrons. The van der Waals surface area contributed by atoms with Crippen LogP contribution in [0.4, 0.5) is 0 Å². The summed E-state index contributed by atoms with van der Waals surface area (Å²) in [5.74, 6) is 5.36. The fourth-order valence-corrected chi connectivity index (χ4v) is 1.85. The molecule has 0 aliphatic heterocycles. The van der Waals surface area contributed by atoms with Gasteiger partial charge in [0.1, 0.15) is 0 Å². The molecule has 0 aliphatic carbocycles. The van der Waals surface area contributed by atoms with E-state index in [0.717, 1.165) is 5.92 Å². The molecule has 0 bridgehead atoms. The van der Waals surface area contributed by atoms with E-state index in [1.54, 1.807) is 0 Å². The first-order valence-electron chi connectivity index (χ1n) is 4.55. The zero-order valence-electron chi connectivity index (χ0n) is 7.81. The Hall–Kier alpha value is 0.285. The fourth-order valence-electron chi connectivity index (χ4n) is 1.00. The number of unbranched alkanes of at least 4 members (excludes halogenated alkanes) is 1. The third-order valence-electron chi connectivity index (χ3n) is 1.80. The SMILES string of the molecule is B=CC(CCCC)CSCC. The molecule has 0 heterocycles. The second-order valence-corrected chi connectivity index (χ2v) is 4.12. The molecule has 2 heteroatoms. The Balaban J connectivity index is 3.33. The summed E-state index contributed by atoms with van der Waals surface area (Å²) in [6, 6.07) is 0. The van der Waals surface area contributed by atoms with Crippen molar-refractivity contribution in [3.8, 4) is 0 Å². The Kier molecular flexibility index (Phi) is 8.60. The number of thioether (sulfide) groups is 1. The van der Waals surface area contributed by atoms with Gasteiger partial charge in [-0.2, -0.15) is 0 Å². The van der Waals surface area contributed by atoms with Crippen molar-refractivity contribution in [2.75, 3.05) is 11.5 Å². The second-order valence-electron chi connectivity index (χ2n) is 2.80. The summed E-state index contributed by atoms with van der Waals surface area (Å²) in [6.45, 7) is 4.46. The minimum absolute atomic E-state index is 0.750. The van der Waals surface area contributed by atoms with Crippen molar-refractivity contribution in [2.45, 2.75) is 33.1 Å². The van der Waals surface area contributed by atoms with Crippen molar-refractivity contribution >= 4 is 25.2 Å². The molecule has 0 aromatic heterocycles. The maximum absolute atomic E-state index is 3.85. The van der Waals surface area contributed by atoms with Gasteiger partial charge in [-0.05, 0) is 0 Å². The van der Waals surface area contributed by atoms with Crippen LogP contribution in [-0.4, -0.2) is 25.0 Å². The van der Waals surface area contributed by atoms with Gasteiger partial charge in [-0.1, -0.05) is 0 Å². The van der Waals surface area contributed by atoms with Gasteiger partial charge in [0.2, 0.25) is 0 Å². The summed E-state index contributed by atoms with van der Waals surface area (Å²) in [5, 5.41) is 0. The molecule has 0 saturated heterocycles. The molecule has 0 rings (SSSR count). The van der Waals surface area contributed by atoms with Crippen molar-refractivity contribution < 1.29 is 0 Å². The minimum atomic E-state index is 0.750. The number of hydrogen-bond acceptors (Lipinski definition) is 1. The van der Waals surface area contributed by atoms with Gasteiger partial charge >= 0.3 is 75.7 Å². The first-order valence-corrected chi connectivity index (χ1v) is 5.70. The Labute approximate surface area is 76.2 Å². The van der Waals surface area contributed by atoms with E-state index in [0.29, 0.717) is 0 Å². The first-order chi connectivity index (χ1) is 5.35. The molecule has 0 aliphatic rings. The predicted molar refractivity (Wildman–Crippen MR) is 59.2 cm³/mol. The molecular weight excluding hydrogens is 151 g/mol. The topological polar surface area (TPSA) is 0 Å². The van der Waals surface area contributed by atoms with Crippen LogP contribution in [0.1, 0.15) is 33.1 Å². The van der Waals surface area contributed by atoms with Crippen LogP contribution in [0, 0.1) is 5.92 Å². The van der Waals surface area contributed by atoms with Crippen molar-refractivity contribution in [3.05, 3.63) is 0 Å². The summed E-state index contributed by atoms with van der Waals surface area (Å²) in [6.07, 6.45) is 3.98. The molecule has 1 unspecified atom stereocenters. The van der Waals surface area contributed by atoms with Crippen LogP contribution in [0.25, 0.3) is 0 Å². The van der Waals surface area contributed by atoms with Crippen LogP contribution in [-0.2, 0) is 0 Å². The molecule has 0 aromatic carbocycles. The molecule has 0 aromatic rings. The Morgan fingerprint density at radius 2 is 2.18 bits per heavy atom. The molecule has 0 amide bonds. The molecule has 0 spiro atoms. The van der Waals surface area contributed by atoms with Crippen LogP contribution in [0.15, 0.2) is 0 Å². The van der Waals surface area contributed by atoms with Gasteiger partial charge in [0.05, 0.1) is 0 Å². The normalized spacial score (nSPS) is 12.8. The molecule has 0 nitrogen and oxygen atoms in total. The monoisotopic (exact) mass is 170 g/mol. The van der Waals surface area contributed by atoms with Gasteiger partial charge in [0, 0.05) is 0 Å². The van der Waals surface area contributed by atoms with Crippen LogP contribution in [0.5, 0.6) is 0 Å². The van der Waals surface area contributed by atoms with E-state index in [-0.39, 0.29) is 0 Å². The summed E-state index contributed by atoms with van der Waals surface area (Å²) in [4.78, 5) is 0. The Bertz CT molecular complexity index is 85.6. The van der Waals surface area contributed by atoms with E-state index in [1.807, 2.05) is 11.8 Å². The average molecular weight is 170 g/mol. The van der Waals surface area contributed by atoms with E-state index in [9.17, 15) is 0 Å². The zero-order chi connectivity index (χ0) is 8.53. The van der Waals surface area contributed by atoms with Crippen molar-refractivity contribution in [1.82, 2.24) is 0 Å². The quantitative estimate of drug-likeness (QED) is 0.528. The molecular formula is C9H19BS. The van der Waals surface area contributed by atoms with Gasteiger partial charge in [-0.3, -0.25) is 0 Å². The van der Waals surface area contributed by atoms with Gasteiger partial charge in [0.15, 0.2) is 0 Å². The summed E-state index contributed by atoms with van der Waals surface area (Å²) < 4.78 is 0. The van der Waals surface area contributed by atoms with Gasteiger partial charge < -0.3 is 0 Å². The fraction of sp³-hybridized carbons (Fsp3) is 0.889. The van der Waals surface area contributed by atoms with Crippen molar-refractivity contribution in [3.63, 3.8) is 0 Å². The molecule has 0 fully saturated rings. The van der Waals surface area contributed by atoms with Crippen LogP contribution >= 0.6 is 11.8 Å². The van der Waals surface area contributed by atoms with E-state index >= 15 is 0 Å². The number of hydrogen-bond donors (Lipinski definition) is 0. The third-order valence-corrected chi connectivity index (χ3v) is 2.87. The van der Waals surface area contributed by atoms with Gasteiger partial charge in [-0.15, -0.1) is 0 Å². The average Bonchev–Trinajstić information content (AvgIpc) is 2.05. The van der Waals surface area contributed by atoms with Gasteiger partial charge in [0.25, 0.3) is 0 Å². The zero-order valence-corrected chi connectivity index (χ0v) is 8.62. The van der Waals surface area contributed by atoms with Crippen molar-refractivity contribution in [2.24, 2.45) is 5.92 Å². The molecule has 11 heavy (non-hydrogen) atoms. The Morgan fingerprint density at radius 1 is 1.45 bits per heavy atom. The molecule has 0 radical (unpaired) electrons. The Morgan fingerprint density at radius 3 is 2.64 bits per heavy atom. The van der Waals surface area contributed by atoms with E-state index in [2.05, 4.69) is 27.3 Å². The van der Waals surface area contributed by atoms with E-state index in [1.165, 1.54) is 30.8 Å². The maximum atomic E-state index is 3.85. The van der Waals surface area contributed by atoms with Crippen LogP contribution < -0.4 is 0 Å².